The molecule has 0 spiro atoms. The summed E-state index contributed by atoms with van der Waals surface area (Å²) in [6.07, 6.45) is 0. The second-order valence-electron chi connectivity index (χ2n) is 5.77. The highest BCUT2D eigenvalue weighted by Crippen LogP contribution is 2.40. The molecule has 0 unspecified atom stereocenters. The van der Waals surface area contributed by atoms with E-state index < -0.39 is 0 Å². The Morgan fingerprint density at radius 1 is 0.577 bits per heavy atom. The average Bonchev–Trinajstić information content (AvgIpc) is 2.70. The molecule has 0 amide bonds. The Labute approximate surface area is 172 Å². The molecule has 0 aliphatic carbocycles. The van der Waals surface area contributed by atoms with Crippen LogP contribution in [0.2, 0.25) is 0 Å². The summed E-state index contributed by atoms with van der Waals surface area (Å²) >= 11 is 3.77. The maximum absolute atomic E-state index is 6.30. The lowest BCUT2D eigenvalue weighted by molar-refractivity contribution is -0.00000518. The van der Waals surface area contributed by atoms with Crippen LogP contribution in [0, 0.1) is 0 Å². The van der Waals surface area contributed by atoms with Crippen LogP contribution in [-0.4, -0.2) is 0 Å². The summed E-state index contributed by atoms with van der Waals surface area (Å²) in [5.74, 6) is 1.68. The minimum atomic E-state index is 0. The molecule has 0 saturated carbocycles. The lowest BCUT2D eigenvalue weighted by atomic mass is 10.0. The van der Waals surface area contributed by atoms with E-state index in [0.29, 0.717) is 0 Å². The molecule has 0 saturated heterocycles. The van der Waals surface area contributed by atoms with Crippen LogP contribution in [0.3, 0.4) is 0 Å². The molecule has 128 valence electrons. The summed E-state index contributed by atoms with van der Waals surface area (Å²) in [5.41, 5.74) is 4.37. The van der Waals surface area contributed by atoms with E-state index in [9.17, 15) is 0 Å². The first kappa shape index (κ1) is 18.6. The molecule has 0 aliphatic heterocycles. The van der Waals surface area contributed by atoms with E-state index in [1.807, 2.05) is 42.5 Å². The van der Waals surface area contributed by atoms with Crippen molar-refractivity contribution in [3.8, 4) is 33.8 Å². The highest BCUT2D eigenvalue weighted by molar-refractivity contribution is 9.10. The van der Waals surface area contributed by atoms with Crippen LogP contribution in [0.1, 0.15) is 0 Å². The number of benzene rings is 3. The molecule has 4 aromatic rings. The Bertz CT molecular complexity index is 924. The van der Waals surface area contributed by atoms with Crippen LogP contribution in [0.25, 0.3) is 33.8 Å². The minimum absolute atomic E-state index is 0. The van der Waals surface area contributed by atoms with Crippen LogP contribution in [0.5, 0.6) is 0 Å². The van der Waals surface area contributed by atoms with E-state index in [4.69, 9.17) is 4.42 Å². The normalized spacial score (nSPS) is 10.2. The first-order valence-electron chi connectivity index (χ1n) is 8.16. The lowest BCUT2D eigenvalue weighted by Gasteiger charge is -2.05. The maximum Gasteiger partial charge on any atom is 0.375 e. The molecular formula is C23H16Br2O. The van der Waals surface area contributed by atoms with Crippen LogP contribution in [0.4, 0.5) is 0 Å². The lowest BCUT2D eigenvalue weighted by Crippen LogP contribution is -3.00. The van der Waals surface area contributed by atoms with E-state index in [0.717, 1.165) is 38.2 Å². The van der Waals surface area contributed by atoms with Gasteiger partial charge in [-0.05, 0) is 45.8 Å². The van der Waals surface area contributed by atoms with Crippen molar-refractivity contribution in [1.29, 1.82) is 0 Å². The van der Waals surface area contributed by atoms with Gasteiger partial charge in [0.05, 0.1) is 17.2 Å². The number of rotatable bonds is 3. The zero-order chi connectivity index (χ0) is 17.1. The fraction of sp³-hybridized carbons (Fsp3) is 0. The van der Waals surface area contributed by atoms with Gasteiger partial charge in [-0.2, -0.15) is 0 Å². The van der Waals surface area contributed by atoms with Gasteiger partial charge in [0.1, 0.15) is 4.47 Å². The van der Waals surface area contributed by atoms with Crippen LogP contribution in [-0.2, 0) is 0 Å². The Kier molecular flexibility index (Phi) is 6.02. The van der Waals surface area contributed by atoms with Gasteiger partial charge in [0.2, 0.25) is 0 Å². The van der Waals surface area contributed by atoms with Crippen molar-refractivity contribution >= 4 is 15.9 Å². The summed E-state index contributed by atoms with van der Waals surface area (Å²) in [7, 11) is 0. The molecule has 26 heavy (non-hydrogen) atoms. The zero-order valence-corrected chi connectivity index (χ0v) is 17.1. The summed E-state index contributed by atoms with van der Waals surface area (Å²) in [6, 6.07) is 32.8. The molecule has 1 nitrogen and oxygen atoms in total. The molecule has 0 aliphatic rings. The Hall–Kier alpha value is -2.23. The number of halogens is 2. The van der Waals surface area contributed by atoms with Crippen molar-refractivity contribution in [2.45, 2.75) is 0 Å². The summed E-state index contributed by atoms with van der Waals surface area (Å²) in [5, 5.41) is 0. The molecule has 0 atom stereocenters. The third kappa shape index (κ3) is 3.79. The topological polar surface area (TPSA) is 11.3 Å². The van der Waals surface area contributed by atoms with Gasteiger partial charge < -0.3 is 17.0 Å². The zero-order valence-electron chi connectivity index (χ0n) is 13.9. The fourth-order valence-corrected chi connectivity index (χ4v) is 3.50. The van der Waals surface area contributed by atoms with Gasteiger partial charge in [-0.3, -0.25) is 0 Å². The van der Waals surface area contributed by atoms with E-state index in [1.54, 1.807) is 0 Å². The highest BCUT2D eigenvalue weighted by atomic mass is 79.9. The van der Waals surface area contributed by atoms with Gasteiger partial charge in [-0.15, -0.1) is 0 Å². The van der Waals surface area contributed by atoms with E-state index >= 15 is 0 Å². The third-order valence-corrected chi connectivity index (χ3v) is 4.89. The first-order chi connectivity index (χ1) is 12.3. The van der Waals surface area contributed by atoms with Crippen LogP contribution in [0.15, 0.2) is 106 Å². The van der Waals surface area contributed by atoms with Gasteiger partial charge in [0.15, 0.2) is 0 Å². The molecule has 0 bridgehead atoms. The van der Waals surface area contributed by atoms with E-state index in [2.05, 4.69) is 70.5 Å². The van der Waals surface area contributed by atoms with E-state index in [-0.39, 0.29) is 17.0 Å². The molecule has 0 N–H and O–H groups in total. The second kappa shape index (κ2) is 8.43. The number of hydrogen-bond donors (Lipinski definition) is 0. The Morgan fingerprint density at radius 3 is 1.58 bits per heavy atom. The average molecular weight is 468 g/mol. The predicted octanol–water partition coefficient (Wildman–Crippen LogP) is 4.33. The molecule has 3 aromatic carbocycles. The van der Waals surface area contributed by atoms with Crippen molar-refractivity contribution in [3.63, 3.8) is 0 Å². The fourth-order valence-electron chi connectivity index (χ4n) is 2.85. The molecular weight excluding hydrogens is 452 g/mol. The van der Waals surface area contributed by atoms with Crippen molar-refractivity contribution in [2.24, 2.45) is 0 Å². The first-order valence-corrected chi connectivity index (χ1v) is 8.95. The summed E-state index contributed by atoms with van der Waals surface area (Å²) in [4.78, 5) is 0. The standard InChI is InChI=1S/C23H16BrO.BrH/c24-22-20(17-10-4-1-5-11-17)16-21(18-12-6-2-7-13-18)25-23(22)19-14-8-3-9-15-19;/h1-16H;1H/q+1;/p-1. The quantitative estimate of drug-likeness (QED) is 0.408. The SMILES string of the molecule is Brc1c(-c2ccccc2)cc(-c2ccccc2)[o+]c1-c1ccccc1.[Br-]. The van der Waals surface area contributed by atoms with Gasteiger partial charge >= 0.3 is 11.5 Å². The van der Waals surface area contributed by atoms with Gasteiger partial charge in [-0.1, -0.05) is 66.7 Å². The van der Waals surface area contributed by atoms with Crippen LogP contribution >= 0.6 is 15.9 Å². The molecule has 1 heterocycles. The molecule has 1 aromatic heterocycles. The van der Waals surface area contributed by atoms with Crippen molar-refractivity contribution < 1.29 is 21.4 Å². The van der Waals surface area contributed by atoms with Crippen molar-refractivity contribution in [3.05, 3.63) is 102 Å². The molecule has 0 radical (unpaired) electrons. The maximum atomic E-state index is 6.30. The smallest absolute Gasteiger partial charge is 0.375 e. The predicted molar refractivity (Wildman–Crippen MR) is 107 cm³/mol. The van der Waals surface area contributed by atoms with Crippen molar-refractivity contribution in [2.75, 3.05) is 0 Å². The van der Waals surface area contributed by atoms with Gasteiger partial charge in [-0.25, -0.2) is 4.42 Å². The van der Waals surface area contributed by atoms with E-state index in [1.165, 1.54) is 0 Å². The molecule has 0 fully saturated rings. The summed E-state index contributed by atoms with van der Waals surface area (Å²) < 4.78 is 7.26. The van der Waals surface area contributed by atoms with Crippen LogP contribution < -0.4 is 17.0 Å². The van der Waals surface area contributed by atoms with Gasteiger partial charge in [0.25, 0.3) is 0 Å². The molecule has 4 rings (SSSR count). The second-order valence-corrected chi connectivity index (χ2v) is 6.56. The Balaban J connectivity index is 0.00000196. The third-order valence-electron chi connectivity index (χ3n) is 4.10. The Morgan fingerprint density at radius 2 is 1.04 bits per heavy atom. The molecule has 3 heteroatoms. The summed E-state index contributed by atoms with van der Waals surface area (Å²) in [6.45, 7) is 0. The monoisotopic (exact) mass is 466 g/mol. The number of hydrogen-bond acceptors (Lipinski definition) is 0. The van der Waals surface area contributed by atoms with Crippen molar-refractivity contribution in [1.82, 2.24) is 0 Å². The largest absolute Gasteiger partial charge is 1.00 e. The van der Waals surface area contributed by atoms with Gasteiger partial charge in [0, 0.05) is 5.56 Å². The highest BCUT2D eigenvalue weighted by Gasteiger charge is 2.25. The minimum Gasteiger partial charge on any atom is -1.00 e.